The van der Waals surface area contributed by atoms with Gasteiger partial charge in [0.1, 0.15) is 5.82 Å². The molecule has 1 aromatic carbocycles. The highest BCUT2D eigenvalue weighted by molar-refractivity contribution is 6.18. The first-order valence-electron chi connectivity index (χ1n) is 5.34. The number of rotatable bonds is 3. The van der Waals surface area contributed by atoms with Crippen LogP contribution in [0.2, 0.25) is 0 Å². The summed E-state index contributed by atoms with van der Waals surface area (Å²) < 4.78 is 24.3. The summed E-state index contributed by atoms with van der Waals surface area (Å²) in [5.41, 5.74) is 0.837. The maximum atomic E-state index is 12.8. The molecule has 1 fully saturated rings. The van der Waals surface area contributed by atoms with Crippen LogP contribution in [0.4, 0.5) is 4.39 Å². The zero-order chi connectivity index (χ0) is 11.6. The first kappa shape index (κ1) is 11.8. The Balaban J connectivity index is 2.25. The lowest BCUT2D eigenvalue weighted by molar-refractivity contribution is -0.176. The van der Waals surface area contributed by atoms with Crippen LogP contribution in [0.5, 0.6) is 0 Å². The maximum absolute atomic E-state index is 12.8. The van der Waals surface area contributed by atoms with E-state index in [0.717, 1.165) is 5.56 Å². The molecule has 0 aromatic heterocycles. The summed E-state index contributed by atoms with van der Waals surface area (Å²) in [6.45, 7) is 2.45. The molecule has 0 bridgehead atoms. The van der Waals surface area contributed by atoms with E-state index < -0.39 is 5.79 Å². The maximum Gasteiger partial charge on any atom is 0.195 e. The third kappa shape index (κ3) is 2.08. The van der Waals surface area contributed by atoms with Crippen molar-refractivity contribution in [2.45, 2.75) is 25.2 Å². The van der Waals surface area contributed by atoms with E-state index in [0.29, 0.717) is 18.9 Å². The molecule has 1 aromatic rings. The molecule has 88 valence electrons. The van der Waals surface area contributed by atoms with Crippen LogP contribution in [-0.4, -0.2) is 18.6 Å². The summed E-state index contributed by atoms with van der Waals surface area (Å²) in [5.74, 6) is -0.613. The fourth-order valence-electron chi connectivity index (χ4n) is 1.89. The molecule has 0 aliphatic carbocycles. The van der Waals surface area contributed by atoms with E-state index in [1.54, 1.807) is 12.1 Å². The van der Waals surface area contributed by atoms with Crippen LogP contribution < -0.4 is 0 Å². The van der Waals surface area contributed by atoms with E-state index in [9.17, 15) is 4.39 Å². The van der Waals surface area contributed by atoms with Crippen molar-refractivity contribution in [3.05, 3.63) is 35.6 Å². The van der Waals surface area contributed by atoms with E-state index in [2.05, 4.69) is 0 Å². The van der Waals surface area contributed by atoms with Crippen molar-refractivity contribution in [1.29, 1.82) is 0 Å². The minimum Gasteiger partial charge on any atom is -0.343 e. The molecule has 1 heterocycles. The van der Waals surface area contributed by atoms with Crippen LogP contribution in [0.1, 0.15) is 18.9 Å². The van der Waals surface area contributed by atoms with Gasteiger partial charge in [-0.2, -0.15) is 0 Å². The zero-order valence-electron chi connectivity index (χ0n) is 9.08. The lowest BCUT2D eigenvalue weighted by Gasteiger charge is -2.27. The number of hydrogen-bond donors (Lipinski definition) is 0. The third-order valence-electron chi connectivity index (χ3n) is 2.78. The van der Waals surface area contributed by atoms with Gasteiger partial charge >= 0.3 is 0 Å². The summed E-state index contributed by atoms with van der Waals surface area (Å²) in [7, 11) is 0. The summed E-state index contributed by atoms with van der Waals surface area (Å²) in [5, 5.41) is 0. The average molecular weight is 245 g/mol. The van der Waals surface area contributed by atoms with Crippen LogP contribution in [0.25, 0.3) is 0 Å². The SMILES string of the molecule is CCC1(c2ccc(F)cc2)OCC(CCl)O1. The number of alkyl halides is 1. The molecule has 2 rings (SSSR count). The number of ether oxygens (including phenoxy) is 2. The highest BCUT2D eigenvalue weighted by Crippen LogP contribution is 2.37. The Labute approximate surface area is 99.3 Å². The van der Waals surface area contributed by atoms with Crippen LogP contribution in [-0.2, 0) is 15.3 Å². The van der Waals surface area contributed by atoms with Crippen LogP contribution >= 0.6 is 11.6 Å². The second-order valence-electron chi connectivity index (χ2n) is 3.82. The molecule has 1 aliphatic rings. The van der Waals surface area contributed by atoms with Gasteiger partial charge in [-0.1, -0.05) is 19.1 Å². The summed E-state index contributed by atoms with van der Waals surface area (Å²) in [4.78, 5) is 0. The normalized spacial score (nSPS) is 29.6. The van der Waals surface area contributed by atoms with E-state index in [-0.39, 0.29) is 11.9 Å². The molecule has 0 N–H and O–H groups in total. The molecule has 0 radical (unpaired) electrons. The first-order chi connectivity index (χ1) is 7.70. The molecule has 16 heavy (non-hydrogen) atoms. The van der Waals surface area contributed by atoms with E-state index >= 15 is 0 Å². The standard InChI is InChI=1S/C12H14ClFO2/c1-2-12(15-8-11(7-13)16-12)9-3-5-10(14)6-4-9/h3-6,11H,2,7-8H2,1H3. The Hall–Kier alpha value is -0.640. The van der Waals surface area contributed by atoms with Gasteiger partial charge in [-0.3, -0.25) is 0 Å². The number of benzene rings is 1. The van der Waals surface area contributed by atoms with Gasteiger partial charge < -0.3 is 9.47 Å². The molecule has 2 atom stereocenters. The number of hydrogen-bond acceptors (Lipinski definition) is 2. The van der Waals surface area contributed by atoms with Crippen molar-refractivity contribution >= 4 is 11.6 Å². The van der Waals surface area contributed by atoms with Crippen molar-refractivity contribution in [3.63, 3.8) is 0 Å². The summed E-state index contributed by atoms with van der Waals surface area (Å²) in [6, 6.07) is 6.20. The van der Waals surface area contributed by atoms with E-state index in [1.165, 1.54) is 12.1 Å². The average Bonchev–Trinajstić information content (AvgIpc) is 2.75. The lowest BCUT2D eigenvalue weighted by Crippen LogP contribution is -2.27. The molecule has 4 heteroatoms. The molecule has 0 amide bonds. The van der Waals surface area contributed by atoms with Crippen LogP contribution in [0.3, 0.4) is 0 Å². The molecule has 1 aliphatic heterocycles. The molecule has 1 saturated heterocycles. The van der Waals surface area contributed by atoms with Gasteiger partial charge in [0, 0.05) is 12.0 Å². The predicted molar refractivity (Wildman–Crippen MR) is 59.9 cm³/mol. The molecular weight excluding hydrogens is 231 g/mol. The minimum atomic E-state index is -0.757. The first-order valence-corrected chi connectivity index (χ1v) is 5.87. The quantitative estimate of drug-likeness (QED) is 0.761. The molecule has 0 saturated carbocycles. The Morgan fingerprint density at radius 3 is 2.62 bits per heavy atom. The Bertz CT molecular complexity index is 355. The van der Waals surface area contributed by atoms with Gasteiger partial charge in [-0.25, -0.2) is 4.39 Å². The van der Waals surface area contributed by atoms with Crippen LogP contribution in [0.15, 0.2) is 24.3 Å². The van der Waals surface area contributed by atoms with Crippen molar-refractivity contribution in [3.8, 4) is 0 Å². The van der Waals surface area contributed by atoms with E-state index in [1.807, 2.05) is 6.92 Å². The van der Waals surface area contributed by atoms with Crippen molar-refractivity contribution in [2.75, 3.05) is 12.5 Å². The topological polar surface area (TPSA) is 18.5 Å². The third-order valence-corrected chi connectivity index (χ3v) is 3.13. The molecule has 2 nitrogen and oxygen atoms in total. The highest BCUT2D eigenvalue weighted by atomic mass is 35.5. The van der Waals surface area contributed by atoms with Gasteiger partial charge in [0.15, 0.2) is 5.79 Å². The summed E-state index contributed by atoms with van der Waals surface area (Å²) >= 11 is 5.74. The van der Waals surface area contributed by atoms with Gasteiger partial charge in [0.25, 0.3) is 0 Å². The zero-order valence-corrected chi connectivity index (χ0v) is 9.84. The molecule has 2 unspecified atom stereocenters. The Morgan fingerprint density at radius 1 is 1.44 bits per heavy atom. The second-order valence-corrected chi connectivity index (χ2v) is 4.13. The van der Waals surface area contributed by atoms with Gasteiger partial charge in [0.2, 0.25) is 0 Å². The van der Waals surface area contributed by atoms with Crippen molar-refractivity contribution in [1.82, 2.24) is 0 Å². The Kier molecular flexibility index (Phi) is 3.47. The lowest BCUT2D eigenvalue weighted by atomic mass is 10.0. The fraction of sp³-hybridized carbons (Fsp3) is 0.500. The van der Waals surface area contributed by atoms with Crippen molar-refractivity contribution < 1.29 is 13.9 Å². The van der Waals surface area contributed by atoms with E-state index in [4.69, 9.17) is 21.1 Å². The number of halogens is 2. The monoisotopic (exact) mass is 244 g/mol. The second kappa shape index (κ2) is 4.70. The van der Waals surface area contributed by atoms with Gasteiger partial charge in [0.05, 0.1) is 18.6 Å². The fourth-order valence-corrected chi connectivity index (χ4v) is 2.04. The van der Waals surface area contributed by atoms with Crippen molar-refractivity contribution in [2.24, 2.45) is 0 Å². The Morgan fingerprint density at radius 2 is 2.12 bits per heavy atom. The smallest absolute Gasteiger partial charge is 0.195 e. The summed E-state index contributed by atoms with van der Waals surface area (Å²) in [6.07, 6.45) is 0.582. The van der Waals surface area contributed by atoms with Crippen LogP contribution in [0, 0.1) is 5.82 Å². The van der Waals surface area contributed by atoms with Gasteiger partial charge in [-0.05, 0) is 12.1 Å². The highest BCUT2D eigenvalue weighted by Gasteiger charge is 2.41. The minimum absolute atomic E-state index is 0.0910. The molecular formula is C12H14ClFO2. The molecule has 0 spiro atoms. The van der Waals surface area contributed by atoms with Gasteiger partial charge in [-0.15, -0.1) is 11.6 Å². The largest absolute Gasteiger partial charge is 0.343 e. The predicted octanol–water partition coefficient (Wildman–Crippen LogP) is 3.04.